The van der Waals surface area contributed by atoms with E-state index in [0.717, 1.165) is 19.3 Å². The Morgan fingerprint density at radius 1 is 1.43 bits per heavy atom. The first-order valence-electron chi connectivity index (χ1n) is 5.54. The molecule has 2 fully saturated rings. The lowest BCUT2D eigenvalue weighted by Gasteiger charge is -2.22. The lowest BCUT2D eigenvalue weighted by atomic mass is 9.92. The van der Waals surface area contributed by atoms with Crippen molar-refractivity contribution in [3.8, 4) is 0 Å². The summed E-state index contributed by atoms with van der Waals surface area (Å²) in [5.74, 6) is -0.645. The summed E-state index contributed by atoms with van der Waals surface area (Å²) in [4.78, 5) is 11.2. The minimum absolute atomic E-state index is 0.100. The fourth-order valence-electron chi connectivity index (χ4n) is 2.26. The molecule has 2 rings (SSSR count). The number of hydrogen-bond acceptors (Lipinski definition) is 3. The predicted molar refractivity (Wildman–Crippen MR) is 51.7 cm³/mol. The normalized spacial score (nSPS) is 40.3. The number of esters is 1. The third-order valence-corrected chi connectivity index (χ3v) is 3.35. The highest BCUT2D eigenvalue weighted by Gasteiger charge is 2.71. The SMILES string of the molecule is CCCCCC12OC(=O)CCC1(C)O2. The van der Waals surface area contributed by atoms with E-state index in [0.29, 0.717) is 6.42 Å². The molecule has 14 heavy (non-hydrogen) atoms. The molecule has 3 nitrogen and oxygen atoms in total. The Bertz CT molecular complexity index is 251. The van der Waals surface area contributed by atoms with Gasteiger partial charge in [0.1, 0.15) is 5.60 Å². The summed E-state index contributed by atoms with van der Waals surface area (Å²) in [6, 6.07) is 0. The van der Waals surface area contributed by atoms with Crippen LogP contribution in [0.3, 0.4) is 0 Å². The third kappa shape index (κ3) is 1.44. The summed E-state index contributed by atoms with van der Waals surface area (Å²) in [5, 5.41) is 0. The van der Waals surface area contributed by atoms with Gasteiger partial charge < -0.3 is 9.47 Å². The molecule has 0 N–H and O–H groups in total. The monoisotopic (exact) mass is 198 g/mol. The van der Waals surface area contributed by atoms with Crippen LogP contribution in [0.25, 0.3) is 0 Å². The van der Waals surface area contributed by atoms with E-state index < -0.39 is 5.79 Å². The summed E-state index contributed by atoms with van der Waals surface area (Å²) < 4.78 is 11.0. The highest BCUT2D eigenvalue weighted by Crippen LogP contribution is 2.57. The first-order valence-corrected chi connectivity index (χ1v) is 5.54. The lowest BCUT2D eigenvalue weighted by Crippen LogP contribution is -2.34. The molecule has 2 unspecified atom stereocenters. The molecule has 0 saturated carbocycles. The molecule has 0 aromatic carbocycles. The van der Waals surface area contributed by atoms with Crippen molar-refractivity contribution >= 4 is 5.97 Å². The zero-order valence-corrected chi connectivity index (χ0v) is 8.97. The molecular weight excluding hydrogens is 180 g/mol. The van der Waals surface area contributed by atoms with Gasteiger partial charge in [-0.15, -0.1) is 0 Å². The predicted octanol–water partition coefficient (Wildman–Crippen LogP) is 2.39. The average Bonchev–Trinajstić information content (AvgIpc) is 2.72. The zero-order chi connectivity index (χ0) is 10.2. The molecule has 0 aromatic heterocycles. The van der Waals surface area contributed by atoms with E-state index >= 15 is 0 Å². The Morgan fingerprint density at radius 3 is 2.93 bits per heavy atom. The first-order chi connectivity index (χ1) is 6.62. The van der Waals surface area contributed by atoms with Gasteiger partial charge in [0.2, 0.25) is 5.79 Å². The molecule has 3 heteroatoms. The molecule has 0 amide bonds. The van der Waals surface area contributed by atoms with Crippen molar-refractivity contribution in [2.45, 2.75) is 63.8 Å². The van der Waals surface area contributed by atoms with Crippen LogP contribution in [-0.2, 0) is 14.3 Å². The molecule has 2 aliphatic heterocycles. The molecule has 0 spiro atoms. The number of carbonyl (C=O) groups excluding carboxylic acids is 1. The van der Waals surface area contributed by atoms with Gasteiger partial charge >= 0.3 is 5.97 Å². The highest BCUT2D eigenvalue weighted by atomic mass is 16.8. The summed E-state index contributed by atoms with van der Waals surface area (Å²) in [7, 11) is 0. The maximum Gasteiger partial charge on any atom is 0.308 e. The molecular formula is C11H18O3. The molecule has 2 heterocycles. The second-order valence-corrected chi connectivity index (χ2v) is 4.52. The van der Waals surface area contributed by atoms with Crippen molar-refractivity contribution in [2.24, 2.45) is 0 Å². The number of unbranched alkanes of at least 4 members (excludes halogenated alkanes) is 2. The third-order valence-electron chi connectivity index (χ3n) is 3.35. The highest BCUT2D eigenvalue weighted by molar-refractivity contribution is 5.71. The van der Waals surface area contributed by atoms with E-state index in [9.17, 15) is 4.79 Å². The van der Waals surface area contributed by atoms with Crippen LogP contribution >= 0.6 is 0 Å². The van der Waals surface area contributed by atoms with Crippen LogP contribution < -0.4 is 0 Å². The maximum absolute atomic E-state index is 11.2. The van der Waals surface area contributed by atoms with E-state index in [1.165, 1.54) is 12.8 Å². The van der Waals surface area contributed by atoms with Gasteiger partial charge in [-0.1, -0.05) is 19.8 Å². The molecule has 0 aliphatic carbocycles. The van der Waals surface area contributed by atoms with Crippen LogP contribution in [0.1, 0.15) is 52.4 Å². The Balaban J connectivity index is 1.92. The molecule has 2 atom stereocenters. The van der Waals surface area contributed by atoms with E-state index in [-0.39, 0.29) is 11.6 Å². The van der Waals surface area contributed by atoms with Gasteiger partial charge in [0.15, 0.2) is 0 Å². The van der Waals surface area contributed by atoms with Gasteiger partial charge in [-0.25, -0.2) is 0 Å². The van der Waals surface area contributed by atoms with Gasteiger partial charge in [0, 0.05) is 12.8 Å². The molecule has 2 saturated heterocycles. The van der Waals surface area contributed by atoms with Gasteiger partial charge in [-0.05, 0) is 19.8 Å². The summed E-state index contributed by atoms with van der Waals surface area (Å²) >= 11 is 0. The molecule has 0 aromatic rings. The second kappa shape index (κ2) is 3.23. The minimum atomic E-state index is -0.544. The quantitative estimate of drug-likeness (QED) is 0.395. The number of hydrogen-bond donors (Lipinski definition) is 0. The fourth-order valence-corrected chi connectivity index (χ4v) is 2.26. The lowest BCUT2D eigenvalue weighted by molar-refractivity contribution is -0.162. The van der Waals surface area contributed by atoms with Crippen LogP contribution in [0.5, 0.6) is 0 Å². The van der Waals surface area contributed by atoms with Gasteiger partial charge in [-0.2, -0.15) is 0 Å². The van der Waals surface area contributed by atoms with Gasteiger partial charge in [-0.3, -0.25) is 4.79 Å². The molecule has 0 bridgehead atoms. The summed E-state index contributed by atoms with van der Waals surface area (Å²) in [6.07, 6.45) is 5.63. The van der Waals surface area contributed by atoms with Crippen molar-refractivity contribution in [1.82, 2.24) is 0 Å². The Labute approximate surface area is 84.8 Å². The second-order valence-electron chi connectivity index (χ2n) is 4.52. The standard InChI is InChI=1S/C11H18O3/c1-3-4-5-7-11-10(2,14-11)8-6-9(12)13-11/h3-8H2,1-2H3. The minimum Gasteiger partial charge on any atom is -0.430 e. The Morgan fingerprint density at radius 2 is 2.21 bits per heavy atom. The fraction of sp³-hybridized carbons (Fsp3) is 0.909. The summed E-state index contributed by atoms with van der Waals surface area (Å²) in [6.45, 7) is 4.21. The topological polar surface area (TPSA) is 38.8 Å². The largest absolute Gasteiger partial charge is 0.430 e. The van der Waals surface area contributed by atoms with Crippen LogP contribution in [0, 0.1) is 0 Å². The zero-order valence-electron chi connectivity index (χ0n) is 8.97. The van der Waals surface area contributed by atoms with Crippen molar-refractivity contribution in [3.05, 3.63) is 0 Å². The van der Waals surface area contributed by atoms with Crippen LogP contribution in [0.2, 0.25) is 0 Å². The average molecular weight is 198 g/mol. The number of fused-ring (bicyclic) bond motifs is 1. The van der Waals surface area contributed by atoms with E-state index in [1.807, 2.05) is 6.92 Å². The molecule has 2 aliphatic rings. The smallest absolute Gasteiger partial charge is 0.308 e. The van der Waals surface area contributed by atoms with Gasteiger partial charge in [0.05, 0.1) is 0 Å². The Kier molecular flexibility index (Phi) is 2.30. The van der Waals surface area contributed by atoms with Crippen molar-refractivity contribution in [2.75, 3.05) is 0 Å². The van der Waals surface area contributed by atoms with Gasteiger partial charge in [0.25, 0.3) is 0 Å². The van der Waals surface area contributed by atoms with E-state index in [2.05, 4.69) is 6.92 Å². The van der Waals surface area contributed by atoms with Crippen molar-refractivity contribution in [1.29, 1.82) is 0 Å². The number of carbonyl (C=O) groups is 1. The van der Waals surface area contributed by atoms with E-state index in [4.69, 9.17) is 9.47 Å². The Hall–Kier alpha value is -0.570. The summed E-state index contributed by atoms with van der Waals surface area (Å²) in [5.41, 5.74) is -0.172. The maximum atomic E-state index is 11.2. The first kappa shape index (κ1) is 9.97. The van der Waals surface area contributed by atoms with Crippen LogP contribution in [0.4, 0.5) is 0 Å². The number of ether oxygens (including phenoxy) is 2. The number of rotatable bonds is 4. The molecule has 80 valence electrons. The van der Waals surface area contributed by atoms with E-state index in [1.54, 1.807) is 0 Å². The molecule has 0 radical (unpaired) electrons. The van der Waals surface area contributed by atoms with Crippen molar-refractivity contribution < 1.29 is 14.3 Å². The van der Waals surface area contributed by atoms with Crippen molar-refractivity contribution in [3.63, 3.8) is 0 Å². The van der Waals surface area contributed by atoms with Crippen LogP contribution in [-0.4, -0.2) is 17.4 Å². The van der Waals surface area contributed by atoms with Crippen LogP contribution in [0.15, 0.2) is 0 Å². The number of epoxide rings is 1.